The SMILES string of the molecule is c1coc(CCS[Si](SCCc2ccco2)(SCCc2ccco2)SCCc2ccco2)c1. The number of rotatable bonds is 16. The molecular formula is C24H28O4S4Si. The second-order valence-corrected chi connectivity index (χ2v) is 26.5. The van der Waals surface area contributed by atoms with Crippen LogP contribution in [0.3, 0.4) is 0 Å². The molecule has 33 heavy (non-hydrogen) atoms. The fraction of sp³-hybridized carbons (Fsp3) is 0.333. The standard InChI is InChI=1S/C24H28O4S4Si/c1-5-21(25-13-1)9-17-29-33(30-18-10-22-6-2-14-26-22,31-19-11-23-7-3-15-27-23)32-20-12-24-8-4-16-28-24/h1-8,13-16H,9-12,17-20H2. The van der Waals surface area contributed by atoms with Gasteiger partial charge in [0.1, 0.15) is 23.0 Å². The zero-order valence-electron chi connectivity index (χ0n) is 18.4. The Labute approximate surface area is 211 Å². The normalized spacial score (nSPS) is 11.9. The third kappa shape index (κ3) is 8.47. The number of hydrogen-bond acceptors (Lipinski definition) is 8. The van der Waals surface area contributed by atoms with Crippen LogP contribution in [-0.4, -0.2) is 27.7 Å². The maximum atomic E-state index is 5.58. The van der Waals surface area contributed by atoms with Crippen molar-refractivity contribution >= 4 is 49.5 Å². The van der Waals surface area contributed by atoms with E-state index in [9.17, 15) is 0 Å². The van der Waals surface area contributed by atoms with Gasteiger partial charge in [-0.2, -0.15) is 44.8 Å². The molecule has 4 heterocycles. The Balaban J connectivity index is 1.40. The molecule has 4 rings (SSSR count). The van der Waals surface area contributed by atoms with Crippen LogP contribution in [0.5, 0.6) is 0 Å². The predicted molar refractivity (Wildman–Crippen MR) is 145 cm³/mol. The molecule has 4 nitrogen and oxygen atoms in total. The van der Waals surface area contributed by atoms with Crippen LogP contribution in [0, 0.1) is 0 Å². The van der Waals surface area contributed by atoms with Crippen LogP contribution in [0.15, 0.2) is 91.3 Å². The van der Waals surface area contributed by atoms with Gasteiger partial charge in [0.15, 0.2) is 0 Å². The van der Waals surface area contributed by atoms with Gasteiger partial charge in [-0.05, 0) is 71.5 Å². The minimum Gasteiger partial charge on any atom is -0.469 e. The molecule has 0 aliphatic heterocycles. The number of hydrogen-bond donors (Lipinski definition) is 0. The van der Waals surface area contributed by atoms with Gasteiger partial charge in [0.2, 0.25) is 0 Å². The fourth-order valence-corrected chi connectivity index (χ4v) is 25.1. The van der Waals surface area contributed by atoms with Crippen molar-refractivity contribution in [3.8, 4) is 0 Å². The summed E-state index contributed by atoms with van der Waals surface area (Å²) in [5, 5.41) is 0. The highest BCUT2D eigenvalue weighted by Gasteiger charge is 2.37. The van der Waals surface area contributed by atoms with E-state index >= 15 is 0 Å². The van der Waals surface area contributed by atoms with Gasteiger partial charge in [0.25, 0.3) is 0 Å². The van der Waals surface area contributed by atoms with Crippen LogP contribution in [0.1, 0.15) is 23.0 Å². The molecule has 176 valence electrons. The first-order valence-electron chi connectivity index (χ1n) is 11.0. The van der Waals surface area contributed by atoms with Crippen molar-refractivity contribution in [2.75, 3.05) is 23.0 Å². The topological polar surface area (TPSA) is 52.6 Å². The summed E-state index contributed by atoms with van der Waals surface area (Å²) in [6, 6.07) is 16.2. The second-order valence-electron chi connectivity index (χ2n) is 7.21. The van der Waals surface area contributed by atoms with Gasteiger partial charge in [-0.25, -0.2) is 0 Å². The quantitative estimate of drug-likeness (QED) is 0.135. The molecule has 0 bridgehead atoms. The molecule has 0 aliphatic carbocycles. The summed E-state index contributed by atoms with van der Waals surface area (Å²) in [5.74, 6) is 8.51. The van der Waals surface area contributed by atoms with Crippen molar-refractivity contribution in [2.45, 2.75) is 25.7 Å². The summed E-state index contributed by atoms with van der Waals surface area (Å²) in [5.41, 5.74) is 0. The summed E-state index contributed by atoms with van der Waals surface area (Å²) < 4.78 is 20.5. The molecule has 0 atom stereocenters. The molecule has 0 unspecified atom stereocenters. The average molecular weight is 537 g/mol. The molecule has 4 aromatic rings. The van der Waals surface area contributed by atoms with Crippen molar-refractivity contribution in [3.05, 3.63) is 96.6 Å². The monoisotopic (exact) mass is 536 g/mol. The first-order chi connectivity index (χ1) is 16.3. The van der Waals surface area contributed by atoms with Crippen LogP contribution in [-0.2, 0) is 25.7 Å². The average Bonchev–Trinajstić information content (AvgIpc) is 3.63. The Bertz CT molecular complexity index is 819. The molecule has 9 heteroatoms. The molecule has 0 saturated carbocycles. The van der Waals surface area contributed by atoms with Crippen LogP contribution in [0.2, 0.25) is 0 Å². The Morgan fingerprint density at radius 2 is 0.727 bits per heavy atom. The molecule has 0 aromatic carbocycles. The highest BCUT2D eigenvalue weighted by Crippen LogP contribution is 2.51. The van der Waals surface area contributed by atoms with E-state index < -0.39 is 4.67 Å². The van der Waals surface area contributed by atoms with Crippen molar-refractivity contribution in [1.29, 1.82) is 0 Å². The molecule has 0 fully saturated rings. The van der Waals surface area contributed by atoms with Crippen LogP contribution in [0.4, 0.5) is 0 Å². The van der Waals surface area contributed by atoms with E-state index in [0.717, 1.165) is 71.7 Å². The first-order valence-corrected chi connectivity index (χ1v) is 19.8. The Hall–Kier alpha value is -1.26. The molecular weight excluding hydrogens is 509 g/mol. The lowest BCUT2D eigenvalue weighted by Crippen LogP contribution is -2.23. The van der Waals surface area contributed by atoms with E-state index in [4.69, 9.17) is 17.7 Å². The third-order valence-electron chi connectivity index (χ3n) is 4.83. The molecule has 0 N–H and O–H groups in total. The zero-order valence-corrected chi connectivity index (χ0v) is 22.6. The first kappa shape index (κ1) is 24.8. The third-order valence-corrected chi connectivity index (χ3v) is 27.3. The fourth-order valence-electron chi connectivity index (χ4n) is 3.18. The molecule has 0 amide bonds. The van der Waals surface area contributed by atoms with Gasteiger partial charge in [0, 0.05) is 25.7 Å². The minimum atomic E-state index is -1.83. The second kappa shape index (κ2) is 13.6. The van der Waals surface area contributed by atoms with Crippen molar-refractivity contribution < 1.29 is 17.7 Å². The van der Waals surface area contributed by atoms with Gasteiger partial charge in [-0.15, -0.1) is 0 Å². The van der Waals surface area contributed by atoms with Crippen LogP contribution in [0.25, 0.3) is 0 Å². The zero-order chi connectivity index (χ0) is 22.6. The Morgan fingerprint density at radius 3 is 0.939 bits per heavy atom. The lowest BCUT2D eigenvalue weighted by atomic mass is 10.4. The molecule has 4 aromatic heterocycles. The highest BCUT2D eigenvalue weighted by molar-refractivity contribution is 8.99. The minimum absolute atomic E-state index is 0.961. The van der Waals surface area contributed by atoms with Gasteiger partial charge < -0.3 is 17.7 Å². The Morgan fingerprint density at radius 1 is 0.455 bits per heavy atom. The van der Waals surface area contributed by atoms with Crippen molar-refractivity contribution in [3.63, 3.8) is 0 Å². The smallest absolute Gasteiger partial charge is 0.300 e. The molecule has 0 radical (unpaired) electrons. The highest BCUT2D eigenvalue weighted by atomic mass is 32.9. The van der Waals surface area contributed by atoms with E-state index in [-0.39, 0.29) is 0 Å². The van der Waals surface area contributed by atoms with E-state index in [2.05, 4.69) is 69.1 Å². The maximum Gasteiger partial charge on any atom is 0.300 e. The van der Waals surface area contributed by atoms with Crippen molar-refractivity contribution in [1.82, 2.24) is 0 Å². The summed E-state index contributed by atoms with van der Waals surface area (Å²) >= 11 is 8.62. The molecule has 0 aliphatic rings. The summed E-state index contributed by atoms with van der Waals surface area (Å²) in [7, 11) is 0. The van der Waals surface area contributed by atoms with Gasteiger partial charge in [-0.1, -0.05) is 0 Å². The lowest BCUT2D eigenvalue weighted by Gasteiger charge is -2.29. The lowest BCUT2D eigenvalue weighted by molar-refractivity contribution is 0.517. The van der Waals surface area contributed by atoms with Crippen LogP contribution >= 0.6 is 44.8 Å². The van der Waals surface area contributed by atoms with Gasteiger partial charge >= 0.3 is 4.67 Å². The van der Waals surface area contributed by atoms with E-state index in [1.165, 1.54) is 0 Å². The summed E-state index contributed by atoms with van der Waals surface area (Å²) in [6.45, 7) is 0. The van der Waals surface area contributed by atoms with E-state index in [0.29, 0.717) is 0 Å². The van der Waals surface area contributed by atoms with Gasteiger partial charge in [0.05, 0.1) is 25.1 Å². The number of aryl methyl sites for hydroxylation is 4. The summed E-state index contributed by atoms with van der Waals surface area (Å²) in [6.07, 6.45) is 10.9. The van der Waals surface area contributed by atoms with E-state index in [1.54, 1.807) is 25.1 Å². The van der Waals surface area contributed by atoms with Gasteiger partial charge in [-0.3, -0.25) is 0 Å². The number of furan rings is 4. The maximum absolute atomic E-state index is 5.58. The summed E-state index contributed by atoms with van der Waals surface area (Å²) in [4.78, 5) is 0. The van der Waals surface area contributed by atoms with Crippen LogP contribution < -0.4 is 0 Å². The molecule has 0 spiro atoms. The largest absolute Gasteiger partial charge is 0.469 e. The Kier molecular flexibility index (Phi) is 10.2. The predicted octanol–water partition coefficient (Wildman–Crippen LogP) is 7.70. The van der Waals surface area contributed by atoms with Crippen molar-refractivity contribution in [2.24, 2.45) is 0 Å². The van der Waals surface area contributed by atoms with E-state index in [1.807, 2.05) is 24.3 Å². The molecule has 0 saturated heterocycles.